The molecule has 1 nitrogen and oxygen atoms in total. The maximum absolute atomic E-state index is 9.24. The van der Waals surface area contributed by atoms with Crippen LogP contribution in [0.25, 0.3) is 0 Å². The second-order valence-electron chi connectivity index (χ2n) is 12.8. The molecule has 0 saturated carbocycles. The normalized spacial score (nSPS) is 15.8. The van der Waals surface area contributed by atoms with Crippen LogP contribution >= 0.6 is 0 Å². The Labute approximate surface area is 284 Å². The molecular formula is C45H64O. The van der Waals surface area contributed by atoms with Gasteiger partial charge in [-0.15, -0.1) is 0 Å². The van der Waals surface area contributed by atoms with E-state index < -0.39 is 0 Å². The molecule has 0 heterocycles. The summed E-state index contributed by atoms with van der Waals surface area (Å²) in [5.74, 6) is 0.452. The van der Waals surface area contributed by atoms with Crippen molar-refractivity contribution in [2.24, 2.45) is 5.92 Å². The van der Waals surface area contributed by atoms with Crippen LogP contribution in [0.1, 0.15) is 101 Å². The van der Waals surface area contributed by atoms with Gasteiger partial charge in [0.25, 0.3) is 0 Å². The first-order chi connectivity index (χ1) is 21.8. The SMILES string of the molecule is C=C(C)[C@@H](C/C=C(\C)CO)CC/C(C)=C/C=C/C(C)=C/C=C/C(C)=C/C=C/C=C(C)/C=C/C=C(C)/C=C/C=C(\C)CCC=C(C)C. The predicted octanol–water partition coefficient (Wildman–Crippen LogP) is 13.5. The summed E-state index contributed by atoms with van der Waals surface area (Å²) in [6.07, 6.45) is 43.9. The molecule has 0 unspecified atom stereocenters. The Morgan fingerprint density at radius 2 is 0.935 bits per heavy atom. The summed E-state index contributed by atoms with van der Waals surface area (Å²) >= 11 is 0. The molecular weight excluding hydrogens is 556 g/mol. The Morgan fingerprint density at radius 1 is 0.522 bits per heavy atom. The molecule has 0 aromatic carbocycles. The Balaban J connectivity index is 4.80. The summed E-state index contributed by atoms with van der Waals surface area (Å²) in [5.41, 5.74) is 11.2. The van der Waals surface area contributed by atoms with E-state index in [2.05, 4.69) is 178 Å². The van der Waals surface area contributed by atoms with Crippen LogP contribution in [-0.4, -0.2) is 11.7 Å². The molecule has 0 aliphatic rings. The van der Waals surface area contributed by atoms with Gasteiger partial charge < -0.3 is 5.11 Å². The van der Waals surface area contributed by atoms with Crippen molar-refractivity contribution in [1.82, 2.24) is 0 Å². The monoisotopic (exact) mass is 620 g/mol. The zero-order valence-electron chi connectivity index (χ0n) is 30.9. The lowest BCUT2D eigenvalue weighted by atomic mass is 9.90. The highest BCUT2D eigenvalue weighted by Crippen LogP contribution is 2.23. The van der Waals surface area contributed by atoms with E-state index in [-0.39, 0.29) is 6.61 Å². The van der Waals surface area contributed by atoms with E-state index in [0.717, 1.165) is 37.7 Å². The summed E-state index contributed by atoms with van der Waals surface area (Å²) in [5, 5.41) is 9.24. The molecule has 1 N–H and O–H groups in total. The van der Waals surface area contributed by atoms with E-state index in [4.69, 9.17) is 0 Å². The highest BCUT2D eigenvalue weighted by atomic mass is 16.3. The number of aliphatic hydroxyl groups excluding tert-OH is 1. The Morgan fingerprint density at radius 3 is 1.35 bits per heavy atom. The number of aliphatic hydroxyl groups is 1. The molecule has 1 atom stereocenters. The Hall–Kier alpha value is -3.68. The fourth-order valence-electron chi connectivity index (χ4n) is 4.20. The van der Waals surface area contributed by atoms with Crippen LogP contribution < -0.4 is 0 Å². The largest absolute Gasteiger partial charge is 0.392 e. The summed E-state index contributed by atoms with van der Waals surface area (Å²) in [4.78, 5) is 0. The third-order valence-electron chi connectivity index (χ3n) is 7.42. The van der Waals surface area contributed by atoms with Crippen LogP contribution in [0.3, 0.4) is 0 Å². The van der Waals surface area contributed by atoms with Crippen LogP contribution in [-0.2, 0) is 0 Å². The topological polar surface area (TPSA) is 20.2 Å². The van der Waals surface area contributed by atoms with Crippen LogP contribution in [0.4, 0.5) is 0 Å². The molecule has 0 bridgehead atoms. The number of allylic oxidation sites excluding steroid dienone is 26. The molecule has 0 aliphatic heterocycles. The van der Waals surface area contributed by atoms with Gasteiger partial charge in [-0.05, 0) is 107 Å². The quantitative estimate of drug-likeness (QED) is 0.106. The molecule has 1 heteroatoms. The zero-order chi connectivity index (χ0) is 34.7. The second kappa shape index (κ2) is 26.5. The molecule has 0 rings (SSSR count). The third-order valence-corrected chi connectivity index (χ3v) is 7.42. The summed E-state index contributed by atoms with van der Waals surface area (Å²) in [6.45, 7) is 25.5. The predicted molar refractivity (Wildman–Crippen MR) is 210 cm³/mol. The Kier molecular flexibility index (Phi) is 24.4. The minimum absolute atomic E-state index is 0.130. The average Bonchev–Trinajstić information content (AvgIpc) is 2.98. The molecule has 0 radical (unpaired) electrons. The molecule has 0 aromatic heterocycles. The lowest BCUT2D eigenvalue weighted by Crippen LogP contribution is -2.01. The molecule has 46 heavy (non-hydrogen) atoms. The first kappa shape index (κ1) is 42.3. The van der Waals surface area contributed by atoms with Crippen molar-refractivity contribution in [2.45, 2.75) is 101 Å². The van der Waals surface area contributed by atoms with Crippen molar-refractivity contribution in [2.75, 3.05) is 6.61 Å². The van der Waals surface area contributed by atoms with Crippen molar-refractivity contribution >= 4 is 0 Å². The lowest BCUT2D eigenvalue weighted by Gasteiger charge is -2.15. The maximum atomic E-state index is 9.24. The second-order valence-corrected chi connectivity index (χ2v) is 12.8. The first-order valence-corrected chi connectivity index (χ1v) is 16.8. The van der Waals surface area contributed by atoms with E-state index in [1.165, 1.54) is 44.6 Å². The van der Waals surface area contributed by atoms with Crippen molar-refractivity contribution in [1.29, 1.82) is 0 Å². The van der Waals surface area contributed by atoms with Crippen LogP contribution in [0.15, 0.2) is 166 Å². The van der Waals surface area contributed by atoms with Crippen molar-refractivity contribution in [3.63, 3.8) is 0 Å². The highest BCUT2D eigenvalue weighted by molar-refractivity contribution is 5.32. The Bertz CT molecular complexity index is 1320. The van der Waals surface area contributed by atoms with Crippen LogP contribution in [0.5, 0.6) is 0 Å². The van der Waals surface area contributed by atoms with Crippen molar-refractivity contribution in [3.05, 3.63) is 166 Å². The van der Waals surface area contributed by atoms with E-state index >= 15 is 0 Å². The smallest absolute Gasteiger partial charge is 0.0639 e. The number of hydrogen-bond donors (Lipinski definition) is 1. The lowest BCUT2D eigenvalue weighted by molar-refractivity contribution is 0.330. The van der Waals surface area contributed by atoms with Gasteiger partial charge in [-0.2, -0.15) is 0 Å². The molecule has 0 saturated heterocycles. The van der Waals surface area contributed by atoms with Gasteiger partial charge in [0.1, 0.15) is 0 Å². The van der Waals surface area contributed by atoms with E-state index in [9.17, 15) is 5.11 Å². The van der Waals surface area contributed by atoms with Gasteiger partial charge in [0.15, 0.2) is 0 Å². The number of hydrogen-bond acceptors (Lipinski definition) is 1. The summed E-state index contributed by atoms with van der Waals surface area (Å²) < 4.78 is 0. The van der Waals surface area contributed by atoms with Gasteiger partial charge in [0.2, 0.25) is 0 Å². The van der Waals surface area contributed by atoms with Crippen molar-refractivity contribution in [3.8, 4) is 0 Å². The minimum atomic E-state index is 0.130. The van der Waals surface area contributed by atoms with Crippen LogP contribution in [0, 0.1) is 5.92 Å². The molecule has 0 aromatic rings. The summed E-state index contributed by atoms with van der Waals surface area (Å²) in [7, 11) is 0. The molecule has 0 spiro atoms. The fraction of sp³-hybridized carbons (Fsp3) is 0.378. The van der Waals surface area contributed by atoms with Gasteiger partial charge in [0.05, 0.1) is 6.61 Å². The average molecular weight is 621 g/mol. The summed E-state index contributed by atoms with van der Waals surface area (Å²) in [6, 6.07) is 0. The van der Waals surface area contributed by atoms with Gasteiger partial charge in [0, 0.05) is 0 Å². The number of rotatable bonds is 20. The first-order valence-electron chi connectivity index (χ1n) is 16.8. The molecule has 0 fully saturated rings. The van der Waals surface area contributed by atoms with E-state index in [1.54, 1.807) is 0 Å². The third kappa shape index (κ3) is 25.6. The van der Waals surface area contributed by atoms with Gasteiger partial charge in [-0.3, -0.25) is 0 Å². The maximum Gasteiger partial charge on any atom is 0.0639 e. The van der Waals surface area contributed by atoms with E-state index in [1.807, 2.05) is 6.92 Å². The van der Waals surface area contributed by atoms with Crippen LogP contribution in [0.2, 0.25) is 0 Å². The van der Waals surface area contributed by atoms with Crippen molar-refractivity contribution < 1.29 is 5.11 Å². The van der Waals surface area contributed by atoms with Gasteiger partial charge in [-0.25, -0.2) is 0 Å². The molecule has 0 amide bonds. The fourth-order valence-corrected chi connectivity index (χ4v) is 4.20. The van der Waals surface area contributed by atoms with Gasteiger partial charge in [-0.1, -0.05) is 166 Å². The molecule has 0 aliphatic carbocycles. The molecule has 250 valence electrons. The standard InChI is InChI=1S/C45H64O/c1-36(2)19-14-22-40(7)25-17-28-41(8)26-15-23-38(5)20-12-13-21-39(6)24-16-27-42(9)29-18-30-43(10)31-33-45(37(3)4)34-32-44(11)35-46/h12-13,15-21,23-30,32,45-46H,3,14,22,31,33-35H2,1-2,4-11H3/b13-12+,23-15+,24-16+,28-17+,29-18+,38-20+,39-21+,40-25+,41-26+,42-27+,43-30+,44-32+/t45-/m1/s1. The zero-order valence-corrected chi connectivity index (χ0v) is 30.9. The van der Waals surface area contributed by atoms with E-state index in [0.29, 0.717) is 5.92 Å². The highest BCUT2D eigenvalue weighted by Gasteiger charge is 2.08. The minimum Gasteiger partial charge on any atom is -0.392 e. The van der Waals surface area contributed by atoms with Gasteiger partial charge >= 0.3 is 0 Å².